The summed E-state index contributed by atoms with van der Waals surface area (Å²) < 4.78 is 10.9. The fraction of sp³-hybridized carbons (Fsp3) is 0.700. The van der Waals surface area contributed by atoms with E-state index in [4.69, 9.17) is 9.47 Å². The van der Waals surface area contributed by atoms with Crippen LogP contribution in [0.25, 0.3) is 0 Å². The minimum absolute atomic E-state index is 0.0444. The lowest BCUT2D eigenvalue weighted by Gasteiger charge is -2.39. The van der Waals surface area contributed by atoms with Crippen LogP contribution in [0.15, 0.2) is 12.2 Å². The second-order valence-electron chi connectivity index (χ2n) is 3.78. The van der Waals surface area contributed by atoms with Gasteiger partial charge in [0.1, 0.15) is 5.78 Å². The van der Waals surface area contributed by atoms with Gasteiger partial charge in [-0.3, -0.25) is 4.79 Å². The molecule has 0 aromatic rings. The zero-order chi connectivity index (χ0) is 9.64. The molecule has 0 amide bonds. The molecule has 0 aromatic heterocycles. The molecular formula is C10H14O3. The van der Waals surface area contributed by atoms with Gasteiger partial charge < -0.3 is 9.47 Å². The van der Waals surface area contributed by atoms with Crippen molar-refractivity contribution in [3.05, 3.63) is 12.2 Å². The van der Waals surface area contributed by atoms with Crippen molar-refractivity contribution in [2.75, 3.05) is 7.11 Å². The molecule has 2 aliphatic rings. The van der Waals surface area contributed by atoms with Gasteiger partial charge in [-0.15, -0.1) is 0 Å². The Kier molecular flexibility index (Phi) is 1.82. The first kappa shape index (κ1) is 8.91. The van der Waals surface area contributed by atoms with Crippen LogP contribution in [-0.2, 0) is 14.3 Å². The van der Waals surface area contributed by atoms with Crippen LogP contribution >= 0.6 is 0 Å². The van der Waals surface area contributed by atoms with E-state index in [1.807, 2.05) is 26.0 Å². The number of methoxy groups -OCH3 is 1. The smallest absolute Gasteiger partial charge is 0.197 e. The monoisotopic (exact) mass is 182 g/mol. The van der Waals surface area contributed by atoms with E-state index in [1.54, 1.807) is 7.11 Å². The number of fused-ring (bicyclic) bond motifs is 2. The standard InChI is InChI=1S/C10H14O3/c1-6-8-4-5-10(12-3,13-8)7(2)9(6)11/h4-8H,1-3H3/t6-,7+,8+,10-/m1/s1. The maximum atomic E-state index is 11.8. The number of ketones is 1. The van der Waals surface area contributed by atoms with Crippen LogP contribution in [0.4, 0.5) is 0 Å². The Morgan fingerprint density at radius 3 is 2.85 bits per heavy atom. The normalized spacial score (nSPS) is 48.5. The predicted octanol–water partition coefficient (Wildman–Crippen LogP) is 1.14. The lowest BCUT2D eigenvalue weighted by molar-refractivity contribution is -0.242. The van der Waals surface area contributed by atoms with Gasteiger partial charge in [0.25, 0.3) is 0 Å². The van der Waals surface area contributed by atoms with Gasteiger partial charge in [-0.05, 0) is 13.0 Å². The summed E-state index contributed by atoms with van der Waals surface area (Å²) in [7, 11) is 1.58. The van der Waals surface area contributed by atoms with E-state index in [9.17, 15) is 4.79 Å². The Morgan fingerprint density at radius 2 is 2.23 bits per heavy atom. The van der Waals surface area contributed by atoms with Gasteiger partial charge in [0.2, 0.25) is 0 Å². The highest BCUT2D eigenvalue weighted by atomic mass is 16.7. The van der Waals surface area contributed by atoms with E-state index in [-0.39, 0.29) is 23.7 Å². The molecule has 0 unspecified atom stereocenters. The average Bonchev–Trinajstić information content (AvgIpc) is 2.55. The lowest BCUT2D eigenvalue weighted by atomic mass is 9.86. The number of rotatable bonds is 1. The number of carbonyl (C=O) groups is 1. The third-order valence-corrected chi connectivity index (χ3v) is 3.13. The Morgan fingerprint density at radius 1 is 1.54 bits per heavy atom. The predicted molar refractivity (Wildman–Crippen MR) is 47.1 cm³/mol. The molecular weight excluding hydrogens is 168 g/mol. The Labute approximate surface area is 77.7 Å². The highest BCUT2D eigenvalue weighted by molar-refractivity contribution is 5.86. The molecule has 1 fully saturated rings. The number of carbonyl (C=O) groups excluding carboxylic acids is 1. The summed E-state index contributed by atoms with van der Waals surface area (Å²) in [6, 6.07) is 0. The first-order valence-corrected chi connectivity index (χ1v) is 4.57. The van der Waals surface area contributed by atoms with Crippen LogP contribution in [0.1, 0.15) is 13.8 Å². The summed E-state index contributed by atoms with van der Waals surface area (Å²) in [4.78, 5) is 11.8. The summed E-state index contributed by atoms with van der Waals surface area (Å²) in [5, 5.41) is 0. The second-order valence-corrected chi connectivity index (χ2v) is 3.78. The minimum Gasteiger partial charge on any atom is -0.349 e. The fourth-order valence-electron chi connectivity index (χ4n) is 2.08. The van der Waals surface area contributed by atoms with Crippen LogP contribution in [0.2, 0.25) is 0 Å². The van der Waals surface area contributed by atoms with Gasteiger partial charge in [-0.1, -0.05) is 13.0 Å². The average molecular weight is 182 g/mol. The molecule has 0 aliphatic carbocycles. The molecule has 2 aliphatic heterocycles. The van der Waals surface area contributed by atoms with Crippen molar-refractivity contribution in [1.29, 1.82) is 0 Å². The molecule has 0 spiro atoms. The third kappa shape index (κ3) is 1.00. The zero-order valence-corrected chi connectivity index (χ0v) is 8.11. The topological polar surface area (TPSA) is 35.5 Å². The van der Waals surface area contributed by atoms with Crippen molar-refractivity contribution in [3.63, 3.8) is 0 Å². The lowest BCUT2D eigenvalue weighted by Crippen LogP contribution is -2.51. The van der Waals surface area contributed by atoms with Crippen LogP contribution in [0.3, 0.4) is 0 Å². The summed E-state index contributed by atoms with van der Waals surface area (Å²) in [5.74, 6) is -0.809. The molecule has 2 rings (SSSR count). The van der Waals surface area contributed by atoms with E-state index in [1.165, 1.54) is 0 Å². The molecule has 1 saturated heterocycles. The number of Topliss-reactive ketones (excluding diaryl/α,β-unsaturated/α-hetero) is 1. The molecule has 13 heavy (non-hydrogen) atoms. The summed E-state index contributed by atoms with van der Waals surface area (Å²) in [6.07, 6.45) is 3.70. The molecule has 4 atom stereocenters. The third-order valence-electron chi connectivity index (χ3n) is 3.13. The van der Waals surface area contributed by atoms with Gasteiger partial charge >= 0.3 is 0 Å². The van der Waals surface area contributed by atoms with Gasteiger partial charge in [0.15, 0.2) is 5.79 Å². The highest BCUT2D eigenvalue weighted by Crippen LogP contribution is 2.41. The highest BCUT2D eigenvalue weighted by Gasteiger charge is 2.52. The number of hydrogen-bond acceptors (Lipinski definition) is 3. The Bertz CT molecular complexity index is 271. The Balaban J connectivity index is 2.36. The maximum absolute atomic E-state index is 11.8. The molecule has 0 aromatic carbocycles. The molecule has 0 N–H and O–H groups in total. The van der Waals surface area contributed by atoms with Crippen molar-refractivity contribution >= 4 is 5.78 Å². The van der Waals surface area contributed by atoms with Gasteiger partial charge in [-0.2, -0.15) is 0 Å². The van der Waals surface area contributed by atoms with Gasteiger partial charge in [-0.25, -0.2) is 0 Å². The molecule has 0 saturated carbocycles. The molecule has 3 heteroatoms. The van der Waals surface area contributed by atoms with Crippen molar-refractivity contribution in [2.45, 2.75) is 25.7 Å². The van der Waals surface area contributed by atoms with Crippen LogP contribution in [0.5, 0.6) is 0 Å². The van der Waals surface area contributed by atoms with E-state index in [0.29, 0.717) is 0 Å². The van der Waals surface area contributed by atoms with E-state index >= 15 is 0 Å². The van der Waals surface area contributed by atoms with E-state index < -0.39 is 5.79 Å². The van der Waals surface area contributed by atoms with Crippen molar-refractivity contribution in [2.24, 2.45) is 11.8 Å². The number of ether oxygens (including phenoxy) is 2. The first-order valence-electron chi connectivity index (χ1n) is 4.57. The van der Waals surface area contributed by atoms with Crippen LogP contribution < -0.4 is 0 Å². The summed E-state index contributed by atoms with van der Waals surface area (Å²) in [5.41, 5.74) is 0. The molecule has 0 radical (unpaired) electrons. The van der Waals surface area contributed by atoms with Crippen molar-refractivity contribution < 1.29 is 14.3 Å². The summed E-state index contributed by atoms with van der Waals surface area (Å²) >= 11 is 0. The Hall–Kier alpha value is -0.670. The maximum Gasteiger partial charge on any atom is 0.197 e. The molecule has 72 valence electrons. The van der Waals surface area contributed by atoms with Crippen LogP contribution in [0, 0.1) is 11.8 Å². The zero-order valence-electron chi connectivity index (χ0n) is 8.11. The van der Waals surface area contributed by atoms with Crippen molar-refractivity contribution in [1.82, 2.24) is 0 Å². The van der Waals surface area contributed by atoms with Crippen molar-refractivity contribution in [3.8, 4) is 0 Å². The second kappa shape index (κ2) is 2.66. The van der Waals surface area contributed by atoms with Gasteiger partial charge in [0, 0.05) is 13.0 Å². The minimum atomic E-state index is -0.783. The fourth-order valence-corrected chi connectivity index (χ4v) is 2.08. The molecule has 2 bridgehead atoms. The van der Waals surface area contributed by atoms with E-state index in [2.05, 4.69) is 0 Å². The van der Waals surface area contributed by atoms with Gasteiger partial charge in [0.05, 0.1) is 12.0 Å². The van der Waals surface area contributed by atoms with Crippen LogP contribution in [-0.4, -0.2) is 24.8 Å². The first-order chi connectivity index (χ1) is 6.10. The quantitative estimate of drug-likeness (QED) is 0.570. The largest absolute Gasteiger partial charge is 0.349 e. The molecule has 3 nitrogen and oxygen atoms in total. The van der Waals surface area contributed by atoms with E-state index in [0.717, 1.165) is 0 Å². The SMILES string of the molecule is CO[C@]12C=C[C@H](O1)[C@@H](C)C(=O)[C@@H]2C. The molecule has 2 heterocycles. The summed E-state index contributed by atoms with van der Waals surface area (Å²) in [6.45, 7) is 3.76. The number of hydrogen-bond donors (Lipinski definition) is 0.